The quantitative estimate of drug-likeness (QED) is 0.762. The number of carbonyl (C=O) groups is 2. The molecule has 1 aliphatic rings. The monoisotopic (exact) mass is 255 g/mol. The van der Waals surface area contributed by atoms with Crippen LogP contribution in [0.1, 0.15) is 32.6 Å². The Labute approximate surface area is 109 Å². The Kier molecular flexibility index (Phi) is 6.12. The number of hydrogen-bond donors (Lipinski definition) is 2. The Hall–Kier alpha value is -1.10. The summed E-state index contributed by atoms with van der Waals surface area (Å²) in [5.74, 6) is -0.0918. The third kappa shape index (κ3) is 4.29. The lowest BCUT2D eigenvalue weighted by Crippen LogP contribution is -2.47. The summed E-state index contributed by atoms with van der Waals surface area (Å²) in [6.07, 6.45) is 4.33. The molecule has 1 heterocycles. The van der Waals surface area contributed by atoms with Crippen molar-refractivity contribution in [3.8, 4) is 0 Å². The van der Waals surface area contributed by atoms with Crippen LogP contribution in [0.15, 0.2) is 0 Å². The van der Waals surface area contributed by atoms with Crippen molar-refractivity contribution in [2.45, 2.75) is 38.6 Å². The first-order valence-corrected chi connectivity index (χ1v) is 6.76. The summed E-state index contributed by atoms with van der Waals surface area (Å²) in [5, 5.41) is 5.89. The predicted octanol–water partition coefficient (Wildman–Crippen LogP) is 0.359. The predicted molar refractivity (Wildman–Crippen MR) is 71.1 cm³/mol. The molecule has 0 aromatic rings. The van der Waals surface area contributed by atoms with Crippen molar-refractivity contribution in [2.24, 2.45) is 5.92 Å². The zero-order valence-corrected chi connectivity index (χ0v) is 11.7. The Bertz CT molecular complexity index is 286. The fourth-order valence-corrected chi connectivity index (χ4v) is 2.34. The lowest BCUT2D eigenvalue weighted by atomic mass is 10.1. The van der Waals surface area contributed by atoms with E-state index in [1.807, 2.05) is 6.92 Å². The van der Waals surface area contributed by atoms with Crippen LogP contribution in [-0.4, -0.2) is 49.9 Å². The van der Waals surface area contributed by atoms with Gasteiger partial charge in [-0.2, -0.15) is 0 Å². The number of amides is 2. The molecule has 1 rings (SSSR count). The fraction of sp³-hybridized carbons (Fsp3) is 0.846. The van der Waals surface area contributed by atoms with Crippen molar-refractivity contribution in [3.05, 3.63) is 0 Å². The first-order chi connectivity index (χ1) is 8.56. The minimum absolute atomic E-state index is 0.0246. The van der Waals surface area contributed by atoms with E-state index in [0.717, 1.165) is 25.8 Å². The van der Waals surface area contributed by atoms with Crippen LogP contribution in [-0.2, 0) is 9.59 Å². The van der Waals surface area contributed by atoms with Crippen LogP contribution in [0.5, 0.6) is 0 Å². The van der Waals surface area contributed by atoms with Gasteiger partial charge >= 0.3 is 0 Å². The first kappa shape index (κ1) is 15.0. The molecule has 1 aliphatic heterocycles. The van der Waals surface area contributed by atoms with Gasteiger partial charge in [-0.1, -0.05) is 19.8 Å². The van der Waals surface area contributed by atoms with Crippen LogP contribution in [0.2, 0.25) is 0 Å². The molecule has 2 unspecified atom stereocenters. The van der Waals surface area contributed by atoms with Crippen molar-refractivity contribution in [3.63, 3.8) is 0 Å². The molecule has 5 nitrogen and oxygen atoms in total. The maximum atomic E-state index is 12.2. The highest BCUT2D eigenvalue weighted by Gasteiger charge is 2.24. The number of nitrogens with zero attached hydrogens (tertiary/aromatic N) is 1. The van der Waals surface area contributed by atoms with Crippen LogP contribution >= 0.6 is 0 Å². The van der Waals surface area contributed by atoms with Crippen LogP contribution in [0.3, 0.4) is 0 Å². The van der Waals surface area contributed by atoms with Gasteiger partial charge in [-0.15, -0.1) is 0 Å². The van der Waals surface area contributed by atoms with Gasteiger partial charge in [0.05, 0.1) is 12.0 Å². The molecule has 104 valence electrons. The molecule has 18 heavy (non-hydrogen) atoms. The number of likely N-dealkylation sites (N-methyl/N-ethyl adjacent to an activating group) is 1. The molecule has 0 radical (unpaired) electrons. The summed E-state index contributed by atoms with van der Waals surface area (Å²) in [4.78, 5) is 25.3. The second-order valence-electron chi connectivity index (χ2n) is 5.09. The smallest absolute Gasteiger partial charge is 0.239 e. The number of carbonyl (C=O) groups excluding carboxylic acids is 2. The minimum atomic E-state index is -0.172. The van der Waals surface area contributed by atoms with Crippen LogP contribution in [0.25, 0.3) is 0 Å². The fourth-order valence-electron chi connectivity index (χ4n) is 2.34. The Morgan fingerprint density at radius 2 is 2.11 bits per heavy atom. The van der Waals surface area contributed by atoms with E-state index in [0.29, 0.717) is 6.54 Å². The van der Waals surface area contributed by atoms with Gasteiger partial charge < -0.3 is 15.5 Å². The van der Waals surface area contributed by atoms with E-state index in [-0.39, 0.29) is 23.8 Å². The Morgan fingerprint density at radius 1 is 1.39 bits per heavy atom. The maximum absolute atomic E-state index is 12.2. The van der Waals surface area contributed by atoms with Crippen LogP contribution in [0.4, 0.5) is 0 Å². The minimum Gasteiger partial charge on any atom is -0.359 e. The Balaban J connectivity index is 2.46. The van der Waals surface area contributed by atoms with Gasteiger partial charge in [0, 0.05) is 20.6 Å². The SMILES string of the molecule is CNC(=O)C(C)CN(C)C(=O)C1CCCCCN1. The van der Waals surface area contributed by atoms with Gasteiger partial charge in [0.2, 0.25) is 11.8 Å². The largest absolute Gasteiger partial charge is 0.359 e. The van der Waals surface area contributed by atoms with Crippen molar-refractivity contribution < 1.29 is 9.59 Å². The molecule has 0 bridgehead atoms. The van der Waals surface area contributed by atoms with Gasteiger partial charge in [0.1, 0.15) is 0 Å². The third-order valence-electron chi connectivity index (χ3n) is 3.48. The average Bonchev–Trinajstić information content (AvgIpc) is 2.65. The molecule has 0 aromatic heterocycles. The number of rotatable bonds is 4. The molecule has 1 saturated heterocycles. The second kappa shape index (κ2) is 7.36. The average molecular weight is 255 g/mol. The molecule has 0 aliphatic carbocycles. The molecular weight excluding hydrogens is 230 g/mol. The lowest BCUT2D eigenvalue weighted by Gasteiger charge is -2.25. The topological polar surface area (TPSA) is 61.4 Å². The molecule has 1 fully saturated rings. The van der Waals surface area contributed by atoms with Crippen molar-refractivity contribution in [1.82, 2.24) is 15.5 Å². The lowest BCUT2D eigenvalue weighted by molar-refractivity contribution is -0.134. The van der Waals surface area contributed by atoms with Gasteiger partial charge in [-0.25, -0.2) is 0 Å². The highest BCUT2D eigenvalue weighted by molar-refractivity contribution is 5.83. The van der Waals surface area contributed by atoms with E-state index in [9.17, 15) is 9.59 Å². The van der Waals surface area contributed by atoms with Gasteiger partial charge in [-0.05, 0) is 19.4 Å². The molecular formula is C13H25N3O2. The van der Waals surface area contributed by atoms with Crippen molar-refractivity contribution >= 4 is 11.8 Å². The normalized spacial score (nSPS) is 21.8. The second-order valence-corrected chi connectivity index (χ2v) is 5.09. The summed E-state index contributed by atoms with van der Waals surface area (Å²) in [6.45, 7) is 3.22. The summed E-state index contributed by atoms with van der Waals surface area (Å²) >= 11 is 0. The van der Waals surface area contributed by atoms with Gasteiger partial charge in [0.25, 0.3) is 0 Å². The molecule has 0 spiro atoms. The van der Waals surface area contributed by atoms with Gasteiger partial charge in [-0.3, -0.25) is 9.59 Å². The van der Waals surface area contributed by atoms with E-state index in [1.54, 1.807) is 19.0 Å². The highest BCUT2D eigenvalue weighted by atomic mass is 16.2. The zero-order valence-electron chi connectivity index (χ0n) is 11.7. The van der Waals surface area contributed by atoms with Crippen molar-refractivity contribution in [2.75, 3.05) is 27.2 Å². The number of hydrogen-bond acceptors (Lipinski definition) is 3. The van der Waals surface area contributed by atoms with E-state index in [4.69, 9.17) is 0 Å². The van der Waals surface area contributed by atoms with E-state index >= 15 is 0 Å². The summed E-state index contributed by atoms with van der Waals surface area (Å²) < 4.78 is 0. The molecule has 5 heteroatoms. The third-order valence-corrected chi connectivity index (χ3v) is 3.48. The number of nitrogens with one attached hydrogen (secondary N) is 2. The van der Waals surface area contributed by atoms with Crippen molar-refractivity contribution in [1.29, 1.82) is 0 Å². The zero-order chi connectivity index (χ0) is 13.5. The summed E-state index contributed by atoms with van der Waals surface area (Å²) in [6, 6.07) is -0.0746. The maximum Gasteiger partial charge on any atom is 0.239 e. The van der Waals surface area contributed by atoms with Gasteiger partial charge in [0.15, 0.2) is 0 Å². The Morgan fingerprint density at radius 3 is 2.78 bits per heavy atom. The first-order valence-electron chi connectivity index (χ1n) is 6.76. The molecule has 0 saturated carbocycles. The standard InChI is InChI=1S/C13H25N3O2/c1-10(12(17)14-2)9-16(3)13(18)11-7-5-4-6-8-15-11/h10-11,15H,4-9H2,1-3H3,(H,14,17). The van der Waals surface area contributed by atoms with E-state index in [2.05, 4.69) is 10.6 Å². The summed E-state index contributed by atoms with van der Waals surface area (Å²) in [7, 11) is 3.39. The van der Waals surface area contributed by atoms with E-state index < -0.39 is 0 Å². The summed E-state index contributed by atoms with van der Waals surface area (Å²) in [5.41, 5.74) is 0. The molecule has 0 aromatic carbocycles. The molecule has 2 atom stereocenters. The van der Waals surface area contributed by atoms with Crippen LogP contribution < -0.4 is 10.6 Å². The van der Waals surface area contributed by atoms with E-state index in [1.165, 1.54) is 6.42 Å². The van der Waals surface area contributed by atoms with Crippen LogP contribution in [0, 0.1) is 5.92 Å². The molecule has 2 amide bonds. The highest BCUT2D eigenvalue weighted by Crippen LogP contribution is 2.11. The molecule has 2 N–H and O–H groups in total.